The molecule has 4 nitrogen and oxygen atoms in total. The molecule has 0 aromatic heterocycles. The Hall–Kier alpha value is -0.970. The SMILES string of the molecule is CCCNCc1cc(Cl)cc(Cl)c1OCC(=O)OC. The van der Waals surface area contributed by atoms with E-state index in [1.807, 2.05) is 0 Å². The molecule has 0 bridgehead atoms. The van der Waals surface area contributed by atoms with Gasteiger partial charge in [-0.15, -0.1) is 0 Å². The number of ether oxygens (including phenoxy) is 2. The molecule has 0 atom stereocenters. The zero-order valence-corrected chi connectivity index (χ0v) is 12.5. The number of hydrogen-bond acceptors (Lipinski definition) is 4. The maximum absolute atomic E-state index is 11.1. The minimum Gasteiger partial charge on any atom is -0.480 e. The number of esters is 1. The van der Waals surface area contributed by atoms with Crippen LogP contribution in [0.5, 0.6) is 5.75 Å². The van der Waals surface area contributed by atoms with Crippen molar-refractivity contribution in [1.82, 2.24) is 5.32 Å². The van der Waals surface area contributed by atoms with E-state index in [-0.39, 0.29) is 6.61 Å². The highest BCUT2D eigenvalue weighted by Gasteiger charge is 2.12. The van der Waals surface area contributed by atoms with Gasteiger partial charge in [0, 0.05) is 17.1 Å². The monoisotopic (exact) mass is 305 g/mol. The lowest BCUT2D eigenvalue weighted by Gasteiger charge is -2.13. The third kappa shape index (κ3) is 5.27. The van der Waals surface area contributed by atoms with E-state index in [1.165, 1.54) is 7.11 Å². The summed E-state index contributed by atoms with van der Waals surface area (Å²) in [6.07, 6.45) is 1.02. The van der Waals surface area contributed by atoms with E-state index in [4.69, 9.17) is 27.9 Å². The van der Waals surface area contributed by atoms with Crippen molar-refractivity contribution >= 4 is 29.2 Å². The highest BCUT2D eigenvalue weighted by atomic mass is 35.5. The van der Waals surface area contributed by atoms with Crippen LogP contribution in [-0.4, -0.2) is 26.2 Å². The summed E-state index contributed by atoms with van der Waals surface area (Å²) in [5.74, 6) is -0.00134. The number of benzene rings is 1. The van der Waals surface area contributed by atoms with E-state index in [2.05, 4.69) is 17.0 Å². The van der Waals surface area contributed by atoms with Crippen molar-refractivity contribution in [2.45, 2.75) is 19.9 Å². The summed E-state index contributed by atoms with van der Waals surface area (Å²) >= 11 is 12.1. The molecule has 0 saturated carbocycles. The lowest BCUT2D eigenvalue weighted by molar-refractivity contribution is -0.142. The second-order valence-electron chi connectivity index (χ2n) is 3.92. The predicted molar refractivity (Wildman–Crippen MR) is 76.0 cm³/mol. The lowest BCUT2D eigenvalue weighted by atomic mass is 10.2. The molecule has 1 N–H and O–H groups in total. The quantitative estimate of drug-likeness (QED) is 0.621. The normalized spacial score (nSPS) is 10.3. The first-order valence-corrected chi connectivity index (χ1v) is 6.72. The smallest absolute Gasteiger partial charge is 0.343 e. The van der Waals surface area contributed by atoms with Crippen LogP contribution in [0.2, 0.25) is 10.0 Å². The standard InChI is InChI=1S/C13H17Cl2NO3/c1-3-4-16-7-9-5-10(14)6-11(15)13(9)19-8-12(17)18-2/h5-6,16H,3-4,7-8H2,1-2H3. The second-order valence-corrected chi connectivity index (χ2v) is 4.76. The number of carbonyl (C=O) groups is 1. The van der Waals surface area contributed by atoms with Crippen LogP contribution in [0.25, 0.3) is 0 Å². The Morgan fingerprint density at radius 1 is 1.37 bits per heavy atom. The van der Waals surface area contributed by atoms with Crippen molar-refractivity contribution in [3.8, 4) is 5.75 Å². The number of hydrogen-bond donors (Lipinski definition) is 1. The summed E-state index contributed by atoms with van der Waals surface area (Å²) in [7, 11) is 1.30. The highest BCUT2D eigenvalue weighted by molar-refractivity contribution is 6.35. The van der Waals surface area contributed by atoms with Crippen LogP contribution >= 0.6 is 23.2 Å². The average Bonchev–Trinajstić information content (AvgIpc) is 2.37. The summed E-state index contributed by atoms with van der Waals surface area (Å²) in [5.41, 5.74) is 0.815. The van der Waals surface area contributed by atoms with Crippen molar-refractivity contribution in [2.75, 3.05) is 20.3 Å². The molecule has 0 heterocycles. The van der Waals surface area contributed by atoms with Crippen LogP contribution < -0.4 is 10.1 Å². The number of halogens is 2. The molecule has 0 aliphatic heterocycles. The minimum absolute atomic E-state index is 0.182. The summed E-state index contributed by atoms with van der Waals surface area (Å²) in [6.45, 7) is 3.34. The molecule has 1 aromatic carbocycles. The van der Waals surface area contributed by atoms with Crippen molar-refractivity contribution in [1.29, 1.82) is 0 Å². The van der Waals surface area contributed by atoms with E-state index in [0.717, 1.165) is 18.5 Å². The minimum atomic E-state index is -0.460. The molecule has 0 saturated heterocycles. The van der Waals surface area contributed by atoms with Gasteiger partial charge in [0.2, 0.25) is 0 Å². The van der Waals surface area contributed by atoms with Crippen LogP contribution in [-0.2, 0) is 16.1 Å². The maximum Gasteiger partial charge on any atom is 0.343 e. The first-order valence-electron chi connectivity index (χ1n) is 5.96. The van der Waals surface area contributed by atoms with Crippen LogP contribution in [0.3, 0.4) is 0 Å². The van der Waals surface area contributed by atoms with E-state index in [0.29, 0.717) is 22.3 Å². The van der Waals surface area contributed by atoms with E-state index in [1.54, 1.807) is 12.1 Å². The number of nitrogens with one attached hydrogen (secondary N) is 1. The first kappa shape index (κ1) is 16.1. The van der Waals surface area contributed by atoms with Gasteiger partial charge in [-0.1, -0.05) is 30.1 Å². The molecule has 0 radical (unpaired) electrons. The van der Waals surface area contributed by atoms with Crippen molar-refractivity contribution in [3.05, 3.63) is 27.7 Å². The fourth-order valence-electron chi connectivity index (χ4n) is 1.50. The van der Waals surface area contributed by atoms with Gasteiger partial charge in [0.15, 0.2) is 6.61 Å². The summed E-state index contributed by atoms with van der Waals surface area (Å²) in [4.78, 5) is 11.1. The van der Waals surface area contributed by atoms with E-state index >= 15 is 0 Å². The van der Waals surface area contributed by atoms with Gasteiger partial charge in [-0.05, 0) is 25.1 Å². The fraction of sp³-hybridized carbons (Fsp3) is 0.462. The molecule has 6 heteroatoms. The zero-order chi connectivity index (χ0) is 14.3. The molecule has 0 aliphatic rings. The summed E-state index contributed by atoms with van der Waals surface area (Å²) in [5, 5.41) is 4.14. The molecule has 1 rings (SSSR count). The molecule has 0 spiro atoms. The van der Waals surface area contributed by atoms with Crippen molar-refractivity contribution in [2.24, 2.45) is 0 Å². The van der Waals surface area contributed by atoms with Gasteiger partial charge >= 0.3 is 5.97 Å². The van der Waals surface area contributed by atoms with Crippen LogP contribution in [0.1, 0.15) is 18.9 Å². The number of carbonyl (C=O) groups excluding carboxylic acids is 1. The molecule has 106 valence electrons. The van der Waals surface area contributed by atoms with E-state index < -0.39 is 5.97 Å². The summed E-state index contributed by atoms with van der Waals surface area (Å²) < 4.78 is 9.93. The van der Waals surface area contributed by atoms with Gasteiger partial charge < -0.3 is 14.8 Å². The van der Waals surface area contributed by atoms with Crippen LogP contribution in [0.4, 0.5) is 0 Å². The van der Waals surface area contributed by atoms with Crippen LogP contribution in [0, 0.1) is 0 Å². The van der Waals surface area contributed by atoms with Gasteiger partial charge in [0.25, 0.3) is 0 Å². The van der Waals surface area contributed by atoms with Gasteiger partial charge in [-0.2, -0.15) is 0 Å². The maximum atomic E-state index is 11.1. The Bertz CT molecular complexity index is 438. The van der Waals surface area contributed by atoms with Crippen molar-refractivity contribution < 1.29 is 14.3 Å². The molecule has 0 unspecified atom stereocenters. The third-order valence-corrected chi connectivity index (χ3v) is 2.89. The average molecular weight is 306 g/mol. The van der Waals surface area contributed by atoms with Crippen LogP contribution in [0.15, 0.2) is 12.1 Å². The Kier molecular flexibility index (Phi) is 6.99. The van der Waals surface area contributed by atoms with Gasteiger partial charge in [-0.3, -0.25) is 0 Å². The van der Waals surface area contributed by atoms with Gasteiger partial charge in [-0.25, -0.2) is 4.79 Å². The molecule has 1 aromatic rings. The topological polar surface area (TPSA) is 47.6 Å². The third-order valence-electron chi connectivity index (χ3n) is 2.39. The molecule has 0 fully saturated rings. The Morgan fingerprint density at radius 2 is 2.11 bits per heavy atom. The lowest BCUT2D eigenvalue weighted by Crippen LogP contribution is -2.17. The molecule has 0 aliphatic carbocycles. The second kappa shape index (κ2) is 8.25. The Balaban J connectivity index is 2.83. The largest absolute Gasteiger partial charge is 0.480 e. The van der Waals surface area contributed by atoms with E-state index in [9.17, 15) is 4.79 Å². The number of methoxy groups -OCH3 is 1. The molecular weight excluding hydrogens is 289 g/mol. The fourth-order valence-corrected chi connectivity index (χ4v) is 2.09. The molecule has 19 heavy (non-hydrogen) atoms. The highest BCUT2D eigenvalue weighted by Crippen LogP contribution is 2.32. The van der Waals surface area contributed by atoms with Gasteiger partial charge in [0.1, 0.15) is 5.75 Å². The van der Waals surface area contributed by atoms with Crippen molar-refractivity contribution in [3.63, 3.8) is 0 Å². The summed E-state index contributed by atoms with van der Waals surface area (Å²) in [6, 6.07) is 3.35. The molecular formula is C13H17Cl2NO3. The first-order chi connectivity index (χ1) is 9.08. The zero-order valence-electron chi connectivity index (χ0n) is 11.0. The van der Waals surface area contributed by atoms with Gasteiger partial charge in [0.05, 0.1) is 12.1 Å². The Morgan fingerprint density at radius 3 is 2.74 bits per heavy atom. The Labute approximate surface area is 123 Å². The molecule has 0 amide bonds. The predicted octanol–water partition coefficient (Wildman–Crippen LogP) is 3.04. The number of rotatable bonds is 7.